The predicted octanol–water partition coefficient (Wildman–Crippen LogP) is 3.72. The minimum atomic E-state index is 1.23. The molecule has 2 heteroatoms. The van der Waals surface area contributed by atoms with Gasteiger partial charge in [0.15, 0.2) is 0 Å². The Kier molecular flexibility index (Phi) is 8.72. The molecule has 1 heterocycles. The van der Waals surface area contributed by atoms with E-state index in [1.165, 1.54) is 84.2 Å². The van der Waals surface area contributed by atoms with E-state index in [-0.39, 0.29) is 0 Å². The van der Waals surface area contributed by atoms with E-state index in [9.17, 15) is 0 Å². The van der Waals surface area contributed by atoms with Crippen molar-refractivity contribution in [2.75, 3.05) is 32.8 Å². The highest BCUT2D eigenvalue weighted by Gasteiger charge is 2.17. The number of hydrogen-bond donors (Lipinski definition) is 0. The van der Waals surface area contributed by atoms with Crippen molar-refractivity contribution < 1.29 is 0 Å². The summed E-state index contributed by atoms with van der Waals surface area (Å²) in [5.41, 5.74) is 0. The van der Waals surface area contributed by atoms with Crippen molar-refractivity contribution in [1.82, 2.24) is 9.80 Å². The first kappa shape index (κ1) is 15.0. The molecule has 17 heavy (non-hydrogen) atoms. The zero-order valence-corrected chi connectivity index (χ0v) is 12.1. The van der Waals surface area contributed by atoms with E-state index in [2.05, 4.69) is 23.6 Å². The summed E-state index contributed by atoms with van der Waals surface area (Å²) in [6, 6.07) is 0. The standard InChI is InChI=1S/C15H32N2/c1-3-5-7-8-9-10-12-17-14-13-16(15-17)11-6-4-2/h3-15H2,1-2H3. The molecular formula is C15H32N2. The first-order valence-corrected chi connectivity index (χ1v) is 7.81. The maximum Gasteiger partial charge on any atom is 0.0507 e. The van der Waals surface area contributed by atoms with Crippen LogP contribution in [0.2, 0.25) is 0 Å². The van der Waals surface area contributed by atoms with E-state index in [4.69, 9.17) is 0 Å². The fourth-order valence-electron chi connectivity index (χ4n) is 2.57. The third-order valence-electron chi connectivity index (χ3n) is 3.79. The third-order valence-corrected chi connectivity index (χ3v) is 3.79. The average Bonchev–Trinajstić information content (AvgIpc) is 2.79. The van der Waals surface area contributed by atoms with Gasteiger partial charge in [0.25, 0.3) is 0 Å². The fourth-order valence-corrected chi connectivity index (χ4v) is 2.57. The monoisotopic (exact) mass is 240 g/mol. The summed E-state index contributed by atoms with van der Waals surface area (Å²) in [7, 11) is 0. The lowest BCUT2D eigenvalue weighted by atomic mass is 10.1. The number of hydrogen-bond acceptors (Lipinski definition) is 2. The summed E-state index contributed by atoms with van der Waals surface area (Å²) in [5, 5.41) is 0. The van der Waals surface area contributed by atoms with Crippen molar-refractivity contribution in [2.24, 2.45) is 0 Å². The molecule has 0 bridgehead atoms. The Balaban J connectivity index is 1.91. The predicted molar refractivity (Wildman–Crippen MR) is 76.3 cm³/mol. The normalized spacial score (nSPS) is 18.0. The van der Waals surface area contributed by atoms with Gasteiger partial charge in [0.05, 0.1) is 6.67 Å². The fraction of sp³-hybridized carbons (Fsp3) is 1.00. The molecule has 0 aliphatic carbocycles. The van der Waals surface area contributed by atoms with Crippen LogP contribution in [0.15, 0.2) is 0 Å². The highest BCUT2D eigenvalue weighted by molar-refractivity contribution is 4.70. The molecule has 1 saturated heterocycles. The van der Waals surface area contributed by atoms with Crippen LogP contribution < -0.4 is 0 Å². The second kappa shape index (κ2) is 9.90. The average molecular weight is 240 g/mol. The summed E-state index contributed by atoms with van der Waals surface area (Å²) in [6.07, 6.45) is 11.2. The molecule has 2 nitrogen and oxygen atoms in total. The molecule has 0 spiro atoms. The highest BCUT2D eigenvalue weighted by atomic mass is 15.4. The van der Waals surface area contributed by atoms with Gasteiger partial charge in [-0.15, -0.1) is 0 Å². The van der Waals surface area contributed by atoms with Crippen LogP contribution >= 0.6 is 0 Å². The number of unbranched alkanes of at least 4 members (excludes halogenated alkanes) is 6. The molecule has 1 fully saturated rings. The molecular weight excluding hydrogens is 208 g/mol. The van der Waals surface area contributed by atoms with Crippen LogP contribution in [-0.2, 0) is 0 Å². The molecule has 0 radical (unpaired) electrons. The van der Waals surface area contributed by atoms with Gasteiger partial charge >= 0.3 is 0 Å². The molecule has 1 aliphatic heterocycles. The van der Waals surface area contributed by atoms with Crippen molar-refractivity contribution in [1.29, 1.82) is 0 Å². The van der Waals surface area contributed by atoms with Gasteiger partial charge in [-0.2, -0.15) is 0 Å². The Labute approximate surface area is 108 Å². The quantitative estimate of drug-likeness (QED) is 0.537. The van der Waals surface area contributed by atoms with Crippen molar-refractivity contribution in [3.63, 3.8) is 0 Å². The molecule has 0 aromatic heterocycles. The lowest BCUT2D eigenvalue weighted by molar-refractivity contribution is 0.240. The molecule has 0 unspecified atom stereocenters. The van der Waals surface area contributed by atoms with Gasteiger partial charge in [0.1, 0.15) is 0 Å². The topological polar surface area (TPSA) is 6.48 Å². The van der Waals surface area contributed by atoms with Crippen molar-refractivity contribution in [2.45, 2.75) is 65.2 Å². The Morgan fingerprint density at radius 1 is 0.647 bits per heavy atom. The third kappa shape index (κ3) is 7.05. The summed E-state index contributed by atoms with van der Waals surface area (Å²) in [5.74, 6) is 0. The Morgan fingerprint density at radius 3 is 1.82 bits per heavy atom. The Hall–Kier alpha value is -0.0800. The van der Waals surface area contributed by atoms with E-state index in [1.54, 1.807) is 0 Å². The molecule has 0 aromatic carbocycles. The molecule has 0 aromatic rings. The van der Waals surface area contributed by atoms with Crippen LogP contribution in [0, 0.1) is 0 Å². The van der Waals surface area contributed by atoms with E-state index < -0.39 is 0 Å². The van der Waals surface area contributed by atoms with Gasteiger partial charge in [0.2, 0.25) is 0 Å². The van der Waals surface area contributed by atoms with Crippen LogP contribution in [0.3, 0.4) is 0 Å². The molecule has 0 N–H and O–H groups in total. The second-order valence-electron chi connectivity index (χ2n) is 5.50. The van der Waals surface area contributed by atoms with Gasteiger partial charge < -0.3 is 0 Å². The van der Waals surface area contributed by atoms with E-state index in [1.807, 2.05) is 0 Å². The van der Waals surface area contributed by atoms with Crippen molar-refractivity contribution in [3.8, 4) is 0 Å². The maximum absolute atomic E-state index is 2.63. The highest BCUT2D eigenvalue weighted by Crippen LogP contribution is 2.10. The SMILES string of the molecule is CCCCCCCCN1CCN(CCCC)C1. The van der Waals surface area contributed by atoms with Gasteiger partial charge in [-0.3, -0.25) is 9.80 Å². The van der Waals surface area contributed by atoms with Crippen LogP contribution in [0.1, 0.15) is 65.2 Å². The lowest BCUT2D eigenvalue weighted by Crippen LogP contribution is -2.27. The molecule has 0 atom stereocenters. The van der Waals surface area contributed by atoms with E-state index in [0.29, 0.717) is 0 Å². The number of nitrogens with zero attached hydrogens (tertiary/aromatic N) is 2. The number of rotatable bonds is 10. The lowest BCUT2D eigenvalue weighted by Gasteiger charge is -2.17. The zero-order chi connectivity index (χ0) is 12.3. The first-order valence-electron chi connectivity index (χ1n) is 7.81. The molecule has 0 saturated carbocycles. The molecule has 0 amide bonds. The summed E-state index contributed by atoms with van der Waals surface area (Å²) < 4.78 is 0. The smallest absolute Gasteiger partial charge is 0.0507 e. The molecule has 102 valence electrons. The minimum Gasteiger partial charge on any atom is -0.289 e. The second-order valence-corrected chi connectivity index (χ2v) is 5.50. The van der Waals surface area contributed by atoms with Gasteiger partial charge in [-0.1, -0.05) is 52.4 Å². The minimum absolute atomic E-state index is 1.23. The van der Waals surface area contributed by atoms with Crippen molar-refractivity contribution >= 4 is 0 Å². The Bertz CT molecular complexity index is 170. The summed E-state index contributed by atoms with van der Waals surface area (Å²) in [6.45, 7) is 11.0. The van der Waals surface area contributed by atoms with Crippen LogP contribution in [0.5, 0.6) is 0 Å². The van der Waals surface area contributed by atoms with Crippen LogP contribution in [0.25, 0.3) is 0 Å². The van der Waals surface area contributed by atoms with Crippen molar-refractivity contribution in [3.05, 3.63) is 0 Å². The zero-order valence-electron chi connectivity index (χ0n) is 12.1. The van der Waals surface area contributed by atoms with E-state index >= 15 is 0 Å². The first-order chi connectivity index (χ1) is 8.36. The maximum atomic E-state index is 2.63. The van der Waals surface area contributed by atoms with Crippen LogP contribution in [0.4, 0.5) is 0 Å². The summed E-state index contributed by atoms with van der Waals surface area (Å²) in [4.78, 5) is 5.25. The molecule has 1 aliphatic rings. The molecule has 1 rings (SSSR count). The van der Waals surface area contributed by atoms with Gasteiger partial charge in [-0.25, -0.2) is 0 Å². The largest absolute Gasteiger partial charge is 0.289 e. The summed E-state index contributed by atoms with van der Waals surface area (Å²) >= 11 is 0. The van der Waals surface area contributed by atoms with Crippen LogP contribution in [-0.4, -0.2) is 42.6 Å². The van der Waals surface area contributed by atoms with E-state index in [0.717, 1.165) is 0 Å². The van der Waals surface area contributed by atoms with Gasteiger partial charge in [-0.05, 0) is 25.9 Å². The Morgan fingerprint density at radius 2 is 1.18 bits per heavy atom. The van der Waals surface area contributed by atoms with Gasteiger partial charge in [0, 0.05) is 13.1 Å².